The van der Waals surface area contributed by atoms with Crippen molar-refractivity contribution in [3.05, 3.63) is 60.4 Å². The Morgan fingerprint density at radius 1 is 0.880 bits per heavy atom. The number of aromatic hydroxyl groups is 1. The van der Waals surface area contributed by atoms with Gasteiger partial charge in [0.05, 0.1) is 12.0 Å². The van der Waals surface area contributed by atoms with Crippen LogP contribution in [-0.2, 0) is 9.59 Å². The molecule has 0 saturated heterocycles. The normalized spacial score (nSPS) is 10.2. The molecule has 2 aromatic carbocycles. The van der Waals surface area contributed by atoms with Crippen molar-refractivity contribution in [1.82, 2.24) is 10.9 Å². The Labute approximate surface area is 141 Å². The fraction of sp³-hybridized carbons (Fsp3) is 0. The SMILES string of the molecule is O=C(NNC(=O)c1ccc(O)cc1)C(=O)Nc1cccc2occc12. The number of carbonyl (C=O) groups excluding carboxylic acids is 3. The van der Waals surface area contributed by atoms with E-state index in [0.29, 0.717) is 16.7 Å². The highest BCUT2D eigenvalue weighted by Gasteiger charge is 2.16. The summed E-state index contributed by atoms with van der Waals surface area (Å²) in [7, 11) is 0. The fourth-order valence-corrected chi connectivity index (χ4v) is 2.14. The highest BCUT2D eigenvalue weighted by atomic mass is 16.3. The minimum atomic E-state index is -1.03. The Hall–Kier alpha value is -3.81. The van der Waals surface area contributed by atoms with Crippen molar-refractivity contribution < 1.29 is 23.9 Å². The smallest absolute Gasteiger partial charge is 0.328 e. The van der Waals surface area contributed by atoms with Gasteiger partial charge in [-0.05, 0) is 42.5 Å². The zero-order valence-corrected chi connectivity index (χ0v) is 12.8. The van der Waals surface area contributed by atoms with Crippen LogP contribution in [-0.4, -0.2) is 22.8 Å². The predicted octanol–water partition coefficient (Wildman–Crippen LogP) is 1.54. The quantitative estimate of drug-likeness (QED) is 0.417. The first kappa shape index (κ1) is 16.1. The molecule has 0 radical (unpaired) electrons. The van der Waals surface area contributed by atoms with E-state index >= 15 is 0 Å². The van der Waals surface area contributed by atoms with Crippen molar-refractivity contribution >= 4 is 34.4 Å². The number of rotatable bonds is 2. The molecule has 3 amide bonds. The molecule has 0 atom stereocenters. The zero-order valence-electron chi connectivity index (χ0n) is 12.8. The average Bonchev–Trinajstić information content (AvgIpc) is 3.09. The molecule has 0 aliphatic heterocycles. The van der Waals surface area contributed by atoms with Crippen LogP contribution in [0.15, 0.2) is 59.2 Å². The number of nitrogens with one attached hydrogen (secondary N) is 3. The molecule has 0 aliphatic carbocycles. The predicted molar refractivity (Wildman–Crippen MR) is 88.6 cm³/mol. The van der Waals surface area contributed by atoms with Gasteiger partial charge in [0.25, 0.3) is 5.91 Å². The van der Waals surface area contributed by atoms with Crippen molar-refractivity contribution in [3.8, 4) is 5.75 Å². The number of hydrogen-bond donors (Lipinski definition) is 4. The first-order chi connectivity index (χ1) is 12.0. The molecule has 0 spiro atoms. The standard InChI is InChI=1S/C17H13N3O5/c21-11-6-4-10(5-7-11)15(22)19-20-17(24)16(23)18-13-2-1-3-14-12(13)8-9-25-14/h1-9,21H,(H,18,23)(H,19,22)(H,20,24). The molecular weight excluding hydrogens is 326 g/mol. The molecule has 4 N–H and O–H groups in total. The van der Waals surface area contributed by atoms with Gasteiger partial charge in [0.15, 0.2) is 0 Å². The van der Waals surface area contributed by atoms with E-state index in [1.165, 1.54) is 30.5 Å². The van der Waals surface area contributed by atoms with Gasteiger partial charge in [-0.2, -0.15) is 0 Å². The van der Waals surface area contributed by atoms with E-state index in [-0.39, 0.29) is 11.3 Å². The Balaban J connectivity index is 1.59. The maximum absolute atomic E-state index is 11.9. The molecule has 8 nitrogen and oxygen atoms in total. The molecule has 0 fully saturated rings. The first-order valence-electron chi connectivity index (χ1n) is 7.21. The van der Waals surface area contributed by atoms with Gasteiger partial charge >= 0.3 is 11.8 Å². The number of hydrogen-bond acceptors (Lipinski definition) is 5. The topological polar surface area (TPSA) is 121 Å². The molecule has 25 heavy (non-hydrogen) atoms. The van der Waals surface area contributed by atoms with E-state index in [2.05, 4.69) is 10.7 Å². The number of amides is 3. The lowest BCUT2D eigenvalue weighted by atomic mass is 10.2. The second kappa shape index (κ2) is 6.75. The van der Waals surface area contributed by atoms with Gasteiger partial charge < -0.3 is 14.8 Å². The number of carbonyl (C=O) groups is 3. The maximum Gasteiger partial charge on any atom is 0.328 e. The summed E-state index contributed by atoms with van der Waals surface area (Å²) < 4.78 is 5.21. The van der Waals surface area contributed by atoms with Crippen molar-refractivity contribution in [1.29, 1.82) is 0 Å². The van der Waals surface area contributed by atoms with Crippen molar-refractivity contribution in [2.75, 3.05) is 5.32 Å². The van der Waals surface area contributed by atoms with Crippen LogP contribution in [0, 0.1) is 0 Å². The monoisotopic (exact) mass is 339 g/mol. The second-order valence-electron chi connectivity index (χ2n) is 5.05. The Morgan fingerprint density at radius 2 is 1.64 bits per heavy atom. The van der Waals surface area contributed by atoms with Crippen LogP contribution < -0.4 is 16.2 Å². The number of phenols is 1. The van der Waals surface area contributed by atoms with Crippen molar-refractivity contribution in [3.63, 3.8) is 0 Å². The molecule has 3 rings (SSSR count). The van der Waals surface area contributed by atoms with E-state index in [9.17, 15) is 14.4 Å². The lowest BCUT2D eigenvalue weighted by Crippen LogP contribution is -2.46. The third-order valence-corrected chi connectivity index (χ3v) is 3.37. The summed E-state index contributed by atoms with van der Waals surface area (Å²) in [6, 6.07) is 12.1. The van der Waals surface area contributed by atoms with Gasteiger partial charge in [0, 0.05) is 10.9 Å². The molecule has 0 bridgehead atoms. The Kier molecular flexibility index (Phi) is 4.34. The molecule has 8 heteroatoms. The van der Waals surface area contributed by atoms with E-state index in [4.69, 9.17) is 9.52 Å². The summed E-state index contributed by atoms with van der Waals surface area (Å²) >= 11 is 0. The van der Waals surface area contributed by atoms with Crippen LogP contribution in [0.1, 0.15) is 10.4 Å². The summed E-state index contributed by atoms with van der Waals surface area (Å²) in [6.45, 7) is 0. The number of hydrazine groups is 1. The molecule has 126 valence electrons. The van der Waals surface area contributed by atoms with Gasteiger partial charge in [0.1, 0.15) is 11.3 Å². The Bertz CT molecular complexity index is 946. The van der Waals surface area contributed by atoms with Gasteiger partial charge in [-0.1, -0.05) is 6.07 Å². The highest BCUT2D eigenvalue weighted by molar-refractivity contribution is 6.40. The van der Waals surface area contributed by atoms with Gasteiger partial charge in [-0.15, -0.1) is 0 Å². The van der Waals surface area contributed by atoms with Gasteiger partial charge in [-0.25, -0.2) is 0 Å². The van der Waals surface area contributed by atoms with Crippen LogP contribution in [0.25, 0.3) is 11.0 Å². The van der Waals surface area contributed by atoms with E-state index in [1.807, 2.05) is 5.43 Å². The van der Waals surface area contributed by atoms with Crippen LogP contribution in [0.2, 0.25) is 0 Å². The minimum absolute atomic E-state index is 0.00776. The van der Waals surface area contributed by atoms with E-state index < -0.39 is 17.7 Å². The van der Waals surface area contributed by atoms with E-state index in [1.54, 1.807) is 24.3 Å². The molecule has 0 unspecified atom stereocenters. The van der Waals surface area contributed by atoms with Gasteiger partial charge in [-0.3, -0.25) is 25.2 Å². The maximum atomic E-state index is 11.9. The third kappa shape index (κ3) is 3.58. The summed E-state index contributed by atoms with van der Waals surface area (Å²) in [5, 5.41) is 12.3. The van der Waals surface area contributed by atoms with Crippen LogP contribution in [0.5, 0.6) is 5.75 Å². The minimum Gasteiger partial charge on any atom is -0.508 e. The molecule has 1 aromatic heterocycles. The summed E-state index contributed by atoms with van der Waals surface area (Å²) in [4.78, 5) is 35.6. The number of fused-ring (bicyclic) bond motifs is 1. The summed E-state index contributed by atoms with van der Waals surface area (Å²) in [5.41, 5.74) is 5.33. The molecule has 3 aromatic rings. The lowest BCUT2D eigenvalue weighted by molar-refractivity contribution is -0.136. The molecule has 0 saturated carbocycles. The van der Waals surface area contributed by atoms with Gasteiger partial charge in [0.2, 0.25) is 0 Å². The molecular formula is C17H13N3O5. The zero-order chi connectivity index (χ0) is 17.8. The molecule has 1 heterocycles. The molecule has 0 aliphatic rings. The Morgan fingerprint density at radius 3 is 2.40 bits per heavy atom. The van der Waals surface area contributed by atoms with Crippen LogP contribution in [0.3, 0.4) is 0 Å². The first-order valence-corrected chi connectivity index (χ1v) is 7.21. The van der Waals surface area contributed by atoms with Crippen molar-refractivity contribution in [2.24, 2.45) is 0 Å². The highest BCUT2D eigenvalue weighted by Crippen LogP contribution is 2.23. The third-order valence-electron chi connectivity index (χ3n) is 3.37. The number of benzene rings is 2. The van der Waals surface area contributed by atoms with Crippen molar-refractivity contribution in [2.45, 2.75) is 0 Å². The largest absolute Gasteiger partial charge is 0.508 e. The second-order valence-corrected chi connectivity index (χ2v) is 5.05. The fourth-order valence-electron chi connectivity index (χ4n) is 2.14. The average molecular weight is 339 g/mol. The van der Waals surface area contributed by atoms with Crippen LogP contribution >= 0.6 is 0 Å². The van der Waals surface area contributed by atoms with Crippen LogP contribution in [0.4, 0.5) is 5.69 Å². The summed E-state index contributed by atoms with van der Waals surface area (Å²) in [6.07, 6.45) is 1.47. The number of anilines is 1. The number of furan rings is 1. The van der Waals surface area contributed by atoms with E-state index in [0.717, 1.165) is 0 Å². The number of phenolic OH excluding ortho intramolecular Hbond substituents is 1. The lowest BCUT2D eigenvalue weighted by Gasteiger charge is -2.08. The summed E-state index contributed by atoms with van der Waals surface area (Å²) in [5.74, 6) is -2.60.